The Bertz CT molecular complexity index is 369. The number of rotatable bonds is 7. The number of nitrogens with two attached hydrogens (primary N) is 1. The normalized spacial score (nSPS) is 16.4. The third-order valence-corrected chi connectivity index (χ3v) is 4.05. The minimum atomic E-state index is -3.70. The van der Waals surface area contributed by atoms with Gasteiger partial charge in [-0.25, -0.2) is 0 Å². The van der Waals surface area contributed by atoms with E-state index in [1.807, 2.05) is 37.3 Å². The molecule has 0 aliphatic carbocycles. The highest BCUT2D eigenvalue weighted by atomic mass is 31.2. The molecule has 2 atom stereocenters. The molecule has 0 bridgehead atoms. The van der Waals surface area contributed by atoms with Crippen molar-refractivity contribution in [3.8, 4) is 0 Å². The maximum Gasteiger partial charge on any atom is 0.344 e. The molecule has 0 aliphatic heterocycles. The predicted octanol–water partition coefficient (Wildman–Crippen LogP) is 2.52. The van der Waals surface area contributed by atoms with E-state index in [1.54, 1.807) is 0 Å². The van der Waals surface area contributed by atoms with Gasteiger partial charge in [-0.3, -0.25) is 4.57 Å². The Balaban J connectivity index is 2.51. The smallest absolute Gasteiger partial charge is 0.323 e. The lowest BCUT2D eigenvalue weighted by molar-refractivity contribution is 0.247. The van der Waals surface area contributed by atoms with Crippen molar-refractivity contribution in [2.24, 2.45) is 5.73 Å². The van der Waals surface area contributed by atoms with Gasteiger partial charge in [0.2, 0.25) is 0 Å². The van der Waals surface area contributed by atoms with Crippen LogP contribution in [0.5, 0.6) is 0 Å². The lowest BCUT2D eigenvalue weighted by atomic mass is 10.2. The summed E-state index contributed by atoms with van der Waals surface area (Å²) in [6, 6.07) is 9.41. The first-order valence-corrected chi connectivity index (χ1v) is 7.47. The standard InChI is InChI=1S/C12H20NO3P/c1-2-3-9-16-17(14,15)12(13)10-11-7-5-4-6-8-11/h4-8,12H,2-3,9-10,13H2,1H3,(H,14,15). The molecule has 0 saturated carbocycles. The summed E-state index contributed by atoms with van der Waals surface area (Å²) in [7, 11) is -3.70. The molecule has 0 amide bonds. The van der Waals surface area contributed by atoms with Crippen molar-refractivity contribution in [1.29, 1.82) is 0 Å². The van der Waals surface area contributed by atoms with Crippen LogP contribution in [0.3, 0.4) is 0 Å². The van der Waals surface area contributed by atoms with Gasteiger partial charge in [0, 0.05) is 0 Å². The van der Waals surface area contributed by atoms with Crippen molar-refractivity contribution >= 4 is 7.60 Å². The van der Waals surface area contributed by atoms with E-state index in [9.17, 15) is 9.46 Å². The maximum atomic E-state index is 11.8. The van der Waals surface area contributed by atoms with E-state index >= 15 is 0 Å². The average Bonchev–Trinajstić information content (AvgIpc) is 2.30. The fourth-order valence-corrected chi connectivity index (χ4v) is 2.43. The molecule has 3 N–H and O–H groups in total. The molecule has 17 heavy (non-hydrogen) atoms. The van der Waals surface area contributed by atoms with Crippen molar-refractivity contribution in [3.05, 3.63) is 35.9 Å². The van der Waals surface area contributed by atoms with Gasteiger partial charge in [0.25, 0.3) is 0 Å². The van der Waals surface area contributed by atoms with Gasteiger partial charge in [0.15, 0.2) is 0 Å². The number of unbranched alkanes of at least 4 members (excludes halogenated alkanes) is 1. The van der Waals surface area contributed by atoms with E-state index in [-0.39, 0.29) is 6.61 Å². The molecule has 0 aromatic heterocycles. The van der Waals surface area contributed by atoms with Gasteiger partial charge < -0.3 is 15.2 Å². The van der Waals surface area contributed by atoms with Gasteiger partial charge >= 0.3 is 7.60 Å². The van der Waals surface area contributed by atoms with Gasteiger partial charge in [-0.1, -0.05) is 43.7 Å². The average molecular weight is 257 g/mol. The highest BCUT2D eigenvalue weighted by Crippen LogP contribution is 2.46. The lowest BCUT2D eigenvalue weighted by Crippen LogP contribution is -2.24. The van der Waals surface area contributed by atoms with E-state index < -0.39 is 13.4 Å². The van der Waals surface area contributed by atoms with Gasteiger partial charge in [-0.15, -0.1) is 0 Å². The molecular weight excluding hydrogens is 237 g/mol. The number of hydrogen-bond donors (Lipinski definition) is 2. The van der Waals surface area contributed by atoms with Crippen LogP contribution in [0.25, 0.3) is 0 Å². The molecule has 4 nitrogen and oxygen atoms in total. The second-order valence-corrected chi connectivity index (χ2v) is 6.06. The minimum absolute atomic E-state index is 0.284. The number of benzene rings is 1. The number of hydrogen-bond acceptors (Lipinski definition) is 3. The molecule has 0 heterocycles. The molecule has 1 aromatic carbocycles. The molecular formula is C12H20NO3P. The summed E-state index contributed by atoms with van der Waals surface area (Å²) in [5.74, 6) is -0.859. The zero-order chi connectivity index (χ0) is 12.7. The second kappa shape index (κ2) is 6.92. The minimum Gasteiger partial charge on any atom is -0.323 e. The molecule has 1 rings (SSSR count). The SMILES string of the molecule is CCCCOP(=O)(O)C(N)Cc1ccccc1. The van der Waals surface area contributed by atoms with Gasteiger partial charge in [0.05, 0.1) is 6.61 Å². The van der Waals surface area contributed by atoms with Crippen molar-refractivity contribution in [1.82, 2.24) is 0 Å². The van der Waals surface area contributed by atoms with Crippen LogP contribution in [0, 0.1) is 0 Å². The summed E-state index contributed by atoms with van der Waals surface area (Å²) in [6.07, 6.45) is 2.04. The molecule has 2 unspecified atom stereocenters. The maximum absolute atomic E-state index is 11.8. The summed E-state index contributed by atoms with van der Waals surface area (Å²) >= 11 is 0. The van der Waals surface area contributed by atoms with Crippen LogP contribution in [0.2, 0.25) is 0 Å². The summed E-state index contributed by atoms with van der Waals surface area (Å²) in [4.78, 5) is 9.68. The Labute approximate surface area is 102 Å². The topological polar surface area (TPSA) is 72.5 Å². The molecule has 0 aliphatic rings. The second-order valence-electron chi connectivity index (χ2n) is 4.01. The van der Waals surface area contributed by atoms with Crippen LogP contribution in [0.1, 0.15) is 25.3 Å². The predicted molar refractivity (Wildman–Crippen MR) is 68.8 cm³/mol. The largest absolute Gasteiger partial charge is 0.344 e. The van der Waals surface area contributed by atoms with Crippen molar-refractivity contribution < 1.29 is 14.0 Å². The fourth-order valence-electron chi connectivity index (χ4n) is 1.41. The zero-order valence-electron chi connectivity index (χ0n) is 10.1. The molecule has 1 aromatic rings. The van der Waals surface area contributed by atoms with Crippen molar-refractivity contribution in [3.63, 3.8) is 0 Å². The van der Waals surface area contributed by atoms with Crippen LogP contribution in [-0.2, 0) is 15.5 Å². The fraction of sp³-hybridized carbons (Fsp3) is 0.500. The molecule has 0 saturated heterocycles. The third-order valence-electron chi connectivity index (χ3n) is 2.48. The van der Waals surface area contributed by atoms with Crippen molar-refractivity contribution in [2.45, 2.75) is 32.0 Å². The summed E-state index contributed by atoms with van der Waals surface area (Å²) in [5, 5.41) is 0. The first kappa shape index (κ1) is 14.4. The van der Waals surface area contributed by atoms with Gasteiger partial charge in [-0.2, -0.15) is 0 Å². The van der Waals surface area contributed by atoms with E-state index in [0.717, 1.165) is 18.4 Å². The van der Waals surface area contributed by atoms with E-state index in [4.69, 9.17) is 10.3 Å². The zero-order valence-corrected chi connectivity index (χ0v) is 11.0. The van der Waals surface area contributed by atoms with Crippen LogP contribution in [0.4, 0.5) is 0 Å². The summed E-state index contributed by atoms with van der Waals surface area (Å²) in [6.45, 7) is 2.28. The molecule has 96 valence electrons. The van der Waals surface area contributed by atoms with Crippen LogP contribution >= 0.6 is 7.60 Å². The van der Waals surface area contributed by atoms with Crippen LogP contribution in [0.15, 0.2) is 30.3 Å². The van der Waals surface area contributed by atoms with E-state index in [0.29, 0.717) is 6.42 Å². The molecule has 5 heteroatoms. The van der Waals surface area contributed by atoms with E-state index in [1.165, 1.54) is 0 Å². The Morgan fingerprint density at radius 1 is 1.41 bits per heavy atom. The van der Waals surface area contributed by atoms with Gasteiger partial charge in [-0.05, 0) is 18.4 Å². The van der Waals surface area contributed by atoms with Crippen LogP contribution in [-0.4, -0.2) is 17.3 Å². The van der Waals surface area contributed by atoms with E-state index in [2.05, 4.69) is 0 Å². The van der Waals surface area contributed by atoms with Gasteiger partial charge in [0.1, 0.15) is 5.78 Å². The Hall–Kier alpha value is -0.670. The highest BCUT2D eigenvalue weighted by molar-refractivity contribution is 7.53. The monoisotopic (exact) mass is 257 g/mol. The first-order chi connectivity index (χ1) is 8.06. The third kappa shape index (κ3) is 5.00. The first-order valence-electron chi connectivity index (χ1n) is 5.82. The van der Waals surface area contributed by atoms with Crippen molar-refractivity contribution in [2.75, 3.05) is 6.61 Å². The lowest BCUT2D eigenvalue weighted by Gasteiger charge is -2.18. The molecule has 0 radical (unpaired) electrons. The summed E-state index contributed by atoms with van der Waals surface area (Å²) < 4.78 is 16.8. The molecule has 0 fully saturated rings. The Kier molecular flexibility index (Phi) is 5.86. The summed E-state index contributed by atoms with van der Waals surface area (Å²) in [5.41, 5.74) is 6.67. The van der Waals surface area contributed by atoms with Crippen LogP contribution < -0.4 is 5.73 Å². The molecule has 0 spiro atoms. The highest BCUT2D eigenvalue weighted by Gasteiger charge is 2.28. The Morgan fingerprint density at radius 2 is 2.06 bits per heavy atom. The quantitative estimate of drug-likeness (QED) is 0.581. The Morgan fingerprint density at radius 3 is 2.65 bits per heavy atom.